The summed E-state index contributed by atoms with van der Waals surface area (Å²) in [6.45, 7) is 0.339. The standard InChI is InChI=1S/C27H22N2O3/c30-26(18-17-22-13-8-12-21-11-4-5-14-23(21)22)28-29-27(31)24-15-6-7-16-25(24)32-19-20-9-2-1-3-10-20/h1-18H,19H2,(H,28,30)(H,29,31)/b18-17+. The van der Waals surface area contributed by atoms with E-state index in [1.807, 2.05) is 72.8 Å². The fraction of sp³-hybridized carbons (Fsp3) is 0.0370. The molecule has 0 saturated heterocycles. The van der Waals surface area contributed by atoms with Crippen LogP contribution in [0.1, 0.15) is 21.5 Å². The molecule has 0 fully saturated rings. The van der Waals surface area contributed by atoms with Crippen LogP contribution in [-0.4, -0.2) is 11.8 Å². The second kappa shape index (κ2) is 10.1. The minimum Gasteiger partial charge on any atom is -0.488 e. The van der Waals surface area contributed by atoms with Gasteiger partial charge in [0.15, 0.2) is 0 Å². The molecule has 0 heterocycles. The highest BCUT2D eigenvalue weighted by molar-refractivity contribution is 6.00. The lowest BCUT2D eigenvalue weighted by atomic mass is 10.0. The maximum Gasteiger partial charge on any atom is 0.273 e. The monoisotopic (exact) mass is 422 g/mol. The number of nitrogens with one attached hydrogen (secondary N) is 2. The Labute approximate surface area is 186 Å². The molecule has 0 atom stereocenters. The fourth-order valence-electron chi connectivity index (χ4n) is 3.30. The first kappa shape index (κ1) is 20.9. The summed E-state index contributed by atoms with van der Waals surface area (Å²) in [6, 6.07) is 30.4. The number of fused-ring (bicyclic) bond motifs is 1. The highest BCUT2D eigenvalue weighted by atomic mass is 16.5. The van der Waals surface area contributed by atoms with Gasteiger partial charge in [-0.1, -0.05) is 84.9 Å². The molecule has 32 heavy (non-hydrogen) atoms. The first-order chi connectivity index (χ1) is 15.7. The van der Waals surface area contributed by atoms with E-state index in [4.69, 9.17) is 4.74 Å². The maximum absolute atomic E-state index is 12.6. The summed E-state index contributed by atoms with van der Waals surface area (Å²) < 4.78 is 5.81. The molecule has 0 saturated carbocycles. The van der Waals surface area contributed by atoms with E-state index in [0.29, 0.717) is 17.9 Å². The third-order valence-corrected chi connectivity index (χ3v) is 4.91. The number of hydrogen-bond donors (Lipinski definition) is 2. The summed E-state index contributed by atoms with van der Waals surface area (Å²) in [7, 11) is 0. The van der Waals surface area contributed by atoms with E-state index < -0.39 is 11.8 Å². The normalized spacial score (nSPS) is 10.8. The summed E-state index contributed by atoms with van der Waals surface area (Å²) in [6.07, 6.45) is 3.11. The van der Waals surface area contributed by atoms with Gasteiger partial charge in [-0.05, 0) is 40.1 Å². The molecule has 0 aliphatic heterocycles. The molecular weight excluding hydrogens is 400 g/mol. The van der Waals surface area contributed by atoms with Crippen LogP contribution in [0.2, 0.25) is 0 Å². The van der Waals surface area contributed by atoms with Crippen LogP contribution in [0, 0.1) is 0 Å². The van der Waals surface area contributed by atoms with Crippen LogP contribution in [0.25, 0.3) is 16.8 Å². The Balaban J connectivity index is 1.37. The van der Waals surface area contributed by atoms with Crippen molar-refractivity contribution >= 4 is 28.7 Å². The lowest BCUT2D eigenvalue weighted by Gasteiger charge is -2.12. The third kappa shape index (κ3) is 5.21. The van der Waals surface area contributed by atoms with Crippen LogP contribution < -0.4 is 15.6 Å². The highest BCUT2D eigenvalue weighted by Crippen LogP contribution is 2.20. The molecular formula is C27H22N2O3. The average Bonchev–Trinajstić information content (AvgIpc) is 2.85. The summed E-state index contributed by atoms with van der Waals surface area (Å²) in [4.78, 5) is 24.8. The summed E-state index contributed by atoms with van der Waals surface area (Å²) in [5.41, 5.74) is 7.11. The average molecular weight is 422 g/mol. The molecule has 4 aromatic carbocycles. The van der Waals surface area contributed by atoms with Crippen molar-refractivity contribution in [1.82, 2.24) is 10.9 Å². The van der Waals surface area contributed by atoms with Crippen molar-refractivity contribution in [2.45, 2.75) is 6.61 Å². The number of hydrogen-bond acceptors (Lipinski definition) is 3. The molecule has 0 spiro atoms. The molecule has 0 bridgehead atoms. The van der Waals surface area contributed by atoms with E-state index in [2.05, 4.69) is 10.9 Å². The van der Waals surface area contributed by atoms with Crippen molar-refractivity contribution in [1.29, 1.82) is 0 Å². The predicted molar refractivity (Wildman–Crippen MR) is 126 cm³/mol. The molecule has 0 unspecified atom stereocenters. The number of para-hydroxylation sites is 1. The van der Waals surface area contributed by atoms with Crippen molar-refractivity contribution in [3.05, 3.63) is 120 Å². The molecule has 0 radical (unpaired) electrons. The molecule has 5 nitrogen and oxygen atoms in total. The first-order valence-electron chi connectivity index (χ1n) is 10.2. The summed E-state index contributed by atoms with van der Waals surface area (Å²) in [5.74, 6) is -0.455. The van der Waals surface area contributed by atoms with Crippen LogP contribution in [0.15, 0.2) is 103 Å². The van der Waals surface area contributed by atoms with E-state index in [9.17, 15) is 9.59 Å². The smallest absolute Gasteiger partial charge is 0.273 e. The minimum absolute atomic E-state index is 0.335. The Morgan fingerprint density at radius 3 is 2.34 bits per heavy atom. The number of benzene rings is 4. The molecule has 2 amide bonds. The molecule has 4 aromatic rings. The lowest BCUT2D eigenvalue weighted by Crippen LogP contribution is -2.40. The second-order valence-electron chi connectivity index (χ2n) is 7.12. The van der Waals surface area contributed by atoms with Gasteiger partial charge in [-0.25, -0.2) is 0 Å². The van der Waals surface area contributed by atoms with Crippen molar-refractivity contribution in [2.24, 2.45) is 0 Å². The summed E-state index contributed by atoms with van der Waals surface area (Å²) >= 11 is 0. The van der Waals surface area contributed by atoms with Crippen molar-refractivity contribution in [3.63, 3.8) is 0 Å². The Morgan fingerprint density at radius 2 is 1.47 bits per heavy atom. The number of hydrazine groups is 1. The number of rotatable bonds is 6. The number of ether oxygens (including phenoxy) is 1. The zero-order valence-corrected chi connectivity index (χ0v) is 17.3. The van der Waals surface area contributed by atoms with E-state index in [1.165, 1.54) is 6.08 Å². The van der Waals surface area contributed by atoms with Gasteiger partial charge in [-0.2, -0.15) is 0 Å². The second-order valence-corrected chi connectivity index (χ2v) is 7.12. The number of carbonyl (C=O) groups is 2. The van der Waals surface area contributed by atoms with E-state index in [-0.39, 0.29) is 0 Å². The van der Waals surface area contributed by atoms with E-state index in [1.54, 1.807) is 30.3 Å². The highest BCUT2D eigenvalue weighted by Gasteiger charge is 2.12. The van der Waals surface area contributed by atoms with Gasteiger partial charge in [0.2, 0.25) is 0 Å². The van der Waals surface area contributed by atoms with Crippen molar-refractivity contribution in [3.8, 4) is 5.75 Å². The van der Waals surface area contributed by atoms with Gasteiger partial charge in [0.25, 0.3) is 11.8 Å². The van der Waals surface area contributed by atoms with Gasteiger partial charge >= 0.3 is 0 Å². The minimum atomic E-state index is -0.458. The number of amides is 2. The molecule has 5 heteroatoms. The Morgan fingerprint density at radius 1 is 0.750 bits per heavy atom. The predicted octanol–water partition coefficient (Wildman–Crippen LogP) is 4.89. The third-order valence-electron chi connectivity index (χ3n) is 4.91. The zero-order valence-electron chi connectivity index (χ0n) is 17.3. The van der Waals surface area contributed by atoms with Crippen LogP contribution in [0.5, 0.6) is 5.75 Å². The molecule has 0 aliphatic carbocycles. The Kier molecular flexibility index (Phi) is 6.58. The van der Waals surface area contributed by atoms with Gasteiger partial charge < -0.3 is 4.74 Å². The van der Waals surface area contributed by atoms with Crippen LogP contribution in [-0.2, 0) is 11.4 Å². The van der Waals surface area contributed by atoms with Crippen molar-refractivity contribution < 1.29 is 14.3 Å². The van der Waals surface area contributed by atoms with E-state index in [0.717, 1.165) is 21.9 Å². The Hall–Kier alpha value is -4.38. The van der Waals surface area contributed by atoms with Gasteiger partial charge in [-0.15, -0.1) is 0 Å². The van der Waals surface area contributed by atoms with Gasteiger partial charge in [-0.3, -0.25) is 20.4 Å². The van der Waals surface area contributed by atoms with Crippen molar-refractivity contribution in [2.75, 3.05) is 0 Å². The van der Waals surface area contributed by atoms with Crippen LogP contribution >= 0.6 is 0 Å². The molecule has 2 N–H and O–H groups in total. The molecule has 0 aromatic heterocycles. The molecule has 4 rings (SSSR count). The Bertz CT molecular complexity index is 1260. The first-order valence-corrected chi connectivity index (χ1v) is 10.2. The van der Waals surface area contributed by atoms with E-state index >= 15 is 0 Å². The quantitative estimate of drug-likeness (QED) is 0.343. The largest absolute Gasteiger partial charge is 0.488 e. The number of carbonyl (C=O) groups excluding carboxylic acids is 2. The molecule has 158 valence electrons. The molecule has 0 aliphatic rings. The fourth-order valence-corrected chi connectivity index (χ4v) is 3.30. The van der Waals surface area contributed by atoms with Crippen LogP contribution in [0.4, 0.5) is 0 Å². The van der Waals surface area contributed by atoms with Gasteiger partial charge in [0.05, 0.1) is 5.56 Å². The topological polar surface area (TPSA) is 67.4 Å². The van der Waals surface area contributed by atoms with Gasteiger partial charge in [0, 0.05) is 6.08 Å². The van der Waals surface area contributed by atoms with Crippen LogP contribution in [0.3, 0.4) is 0 Å². The lowest BCUT2D eigenvalue weighted by molar-refractivity contribution is -0.117. The SMILES string of the molecule is O=C(/C=C/c1cccc2ccccc12)NNC(=O)c1ccccc1OCc1ccccc1. The zero-order chi connectivity index (χ0) is 22.2. The van der Waals surface area contributed by atoms with Gasteiger partial charge in [0.1, 0.15) is 12.4 Å². The maximum atomic E-state index is 12.6. The summed E-state index contributed by atoms with van der Waals surface area (Å²) in [5, 5.41) is 2.14.